The number of piperidine rings is 1. The zero-order chi connectivity index (χ0) is 12.0. The highest BCUT2D eigenvalue weighted by Crippen LogP contribution is 2.20. The van der Waals surface area contributed by atoms with Gasteiger partial charge < -0.3 is 10.6 Å². The molecule has 2 nitrogen and oxygen atoms in total. The largest absolute Gasteiger partial charge is 0.330 e. The molecule has 0 aromatic heterocycles. The molecule has 1 fully saturated rings. The highest BCUT2D eigenvalue weighted by molar-refractivity contribution is 4.74. The zero-order valence-electron chi connectivity index (χ0n) is 11.4. The minimum Gasteiger partial charge on any atom is -0.330 e. The maximum Gasteiger partial charge on any atom is 0.00669 e. The number of nitrogens with two attached hydrogens (primary N) is 1. The predicted octanol–water partition coefficient (Wildman–Crippen LogP) is 2.87. The summed E-state index contributed by atoms with van der Waals surface area (Å²) in [6.45, 7) is 10.4. The monoisotopic (exact) mass is 226 g/mol. The van der Waals surface area contributed by atoms with Crippen molar-refractivity contribution in [1.82, 2.24) is 4.90 Å². The summed E-state index contributed by atoms with van der Waals surface area (Å²) in [6, 6.07) is 0.797. The van der Waals surface area contributed by atoms with Gasteiger partial charge in [-0.05, 0) is 64.1 Å². The Morgan fingerprint density at radius 2 is 2.06 bits per heavy atom. The van der Waals surface area contributed by atoms with Crippen LogP contribution in [0.1, 0.15) is 52.9 Å². The first-order valence-corrected chi connectivity index (χ1v) is 7.07. The Morgan fingerprint density at radius 1 is 1.31 bits per heavy atom. The molecule has 0 amide bonds. The van der Waals surface area contributed by atoms with Crippen LogP contribution in [0.25, 0.3) is 0 Å². The second kappa shape index (κ2) is 7.29. The minimum absolute atomic E-state index is 0.731. The molecule has 2 heteroatoms. The lowest BCUT2D eigenvalue weighted by molar-refractivity contribution is 0.148. The lowest BCUT2D eigenvalue weighted by Crippen LogP contribution is -2.39. The minimum atomic E-state index is 0.731. The van der Waals surface area contributed by atoms with E-state index in [0.29, 0.717) is 0 Å². The van der Waals surface area contributed by atoms with Crippen molar-refractivity contribution in [3.05, 3.63) is 0 Å². The van der Waals surface area contributed by atoms with Crippen LogP contribution in [0.15, 0.2) is 0 Å². The van der Waals surface area contributed by atoms with Crippen LogP contribution in [0.5, 0.6) is 0 Å². The van der Waals surface area contributed by atoms with Crippen molar-refractivity contribution in [2.24, 2.45) is 17.6 Å². The third-order valence-corrected chi connectivity index (χ3v) is 3.90. The van der Waals surface area contributed by atoms with Gasteiger partial charge in [0.05, 0.1) is 0 Å². The van der Waals surface area contributed by atoms with E-state index in [1.807, 2.05) is 0 Å². The van der Waals surface area contributed by atoms with Crippen LogP contribution in [-0.4, -0.2) is 30.6 Å². The van der Waals surface area contributed by atoms with Crippen LogP contribution in [-0.2, 0) is 0 Å². The summed E-state index contributed by atoms with van der Waals surface area (Å²) in [6.07, 6.45) is 6.78. The summed E-state index contributed by atoms with van der Waals surface area (Å²) in [5.41, 5.74) is 5.85. The number of likely N-dealkylation sites (tertiary alicyclic amines) is 1. The van der Waals surface area contributed by atoms with Gasteiger partial charge in [0.1, 0.15) is 0 Å². The number of hydrogen-bond donors (Lipinski definition) is 1. The Hall–Kier alpha value is -0.0800. The van der Waals surface area contributed by atoms with Gasteiger partial charge in [-0.15, -0.1) is 0 Å². The van der Waals surface area contributed by atoms with E-state index in [1.165, 1.54) is 45.2 Å². The fraction of sp³-hybridized carbons (Fsp3) is 1.00. The molecule has 1 saturated heterocycles. The first kappa shape index (κ1) is 14.0. The van der Waals surface area contributed by atoms with Crippen molar-refractivity contribution in [2.75, 3.05) is 19.6 Å². The quantitative estimate of drug-likeness (QED) is 0.754. The van der Waals surface area contributed by atoms with Crippen molar-refractivity contribution in [2.45, 2.75) is 58.9 Å². The van der Waals surface area contributed by atoms with Crippen molar-refractivity contribution < 1.29 is 0 Å². The average molecular weight is 226 g/mol. The fourth-order valence-electron chi connectivity index (χ4n) is 2.84. The molecule has 16 heavy (non-hydrogen) atoms. The molecule has 0 aromatic rings. The SMILES string of the molecule is CC(C)CC(CN)CCN1CCCCC1C. The molecule has 2 N–H and O–H groups in total. The first-order valence-electron chi connectivity index (χ1n) is 7.07. The molecule has 2 atom stereocenters. The molecule has 0 bridgehead atoms. The van der Waals surface area contributed by atoms with E-state index in [0.717, 1.165) is 24.4 Å². The van der Waals surface area contributed by atoms with E-state index < -0.39 is 0 Å². The molecular formula is C14H30N2. The van der Waals surface area contributed by atoms with Gasteiger partial charge >= 0.3 is 0 Å². The molecule has 1 heterocycles. The van der Waals surface area contributed by atoms with Crippen molar-refractivity contribution >= 4 is 0 Å². The highest BCUT2D eigenvalue weighted by atomic mass is 15.2. The lowest BCUT2D eigenvalue weighted by Gasteiger charge is -2.34. The van der Waals surface area contributed by atoms with E-state index in [1.54, 1.807) is 0 Å². The standard InChI is InChI=1S/C14H30N2/c1-12(2)10-14(11-15)7-9-16-8-5-4-6-13(16)3/h12-14H,4-11,15H2,1-3H3. The second-order valence-corrected chi connectivity index (χ2v) is 5.90. The molecule has 96 valence electrons. The third-order valence-electron chi connectivity index (χ3n) is 3.90. The van der Waals surface area contributed by atoms with Gasteiger partial charge in [-0.2, -0.15) is 0 Å². The van der Waals surface area contributed by atoms with Gasteiger partial charge in [-0.1, -0.05) is 20.3 Å². The molecule has 0 aromatic carbocycles. The summed E-state index contributed by atoms with van der Waals surface area (Å²) in [7, 11) is 0. The summed E-state index contributed by atoms with van der Waals surface area (Å²) in [4.78, 5) is 2.66. The Morgan fingerprint density at radius 3 is 2.62 bits per heavy atom. The van der Waals surface area contributed by atoms with Gasteiger partial charge in [0.15, 0.2) is 0 Å². The van der Waals surface area contributed by atoms with Gasteiger partial charge in [-0.3, -0.25) is 0 Å². The van der Waals surface area contributed by atoms with Crippen LogP contribution in [0.3, 0.4) is 0 Å². The normalized spacial score (nSPS) is 24.9. The molecule has 2 unspecified atom stereocenters. The summed E-state index contributed by atoms with van der Waals surface area (Å²) in [5, 5.41) is 0. The topological polar surface area (TPSA) is 29.3 Å². The van der Waals surface area contributed by atoms with E-state index in [2.05, 4.69) is 25.7 Å². The smallest absolute Gasteiger partial charge is 0.00669 e. The number of hydrogen-bond acceptors (Lipinski definition) is 2. The molecule has 1 rings (SSSR count). The third kappa shape index (κ3) is 4.84. The fourth-order valence-corrected chi connectivity index (χ4v) is 2.84. The van der Waals surface area contributed by atoms with Crippen LogP contribution < -0.4 is 5.73 Å². The maximum atomic E-state index is 5.85. The van der Waals surface area contributed by atoms with E-state index >= 15 is 0 Å². The van der Waals surface area contributed by atoms with Crippen LogP contribution in [0.2, 0.25) is 0 Å². The molecule has 0 radical (unpaired) electrons. The Labute approximate surface area is 102 Å². The van der Waals surface area contributed by atoms with Crippen molar-refractivity contribution in [1.29, 1.82) is 0 Å². The lowest BCUT2D eigenvalue weighted by atomic mass is 9.93. The van der Waals surface area contributed by atoms with E-state index in [4.69, 9.17) is 5.73 Å². The van der Waals surface area contributed by atoms with Crippen LogP contribution in [0.4, 0.5) is 0 Å². The molecule has 1 aliphatic heterocycles. The number of nitrogens with zero attached hydrogens (tertiary/aromatic N) is 1. The van der Waals surface area contributed by atoms with Gasteiger partial charge in [0.25, 0.3) is 0 Å². The Balaban J connectivity index is 2.25. The highest BCUT2D eigenvalue weighted by Gasteiger charge is 2.19. The summed E-state index contributed by atoms with van der Waals surface area (Å²) >= 11 is 0. The first-order chi connectivity index (χ1) is 7.63. The van der Waals surface area contributed by atoms with Gasteiger partial charge in [-0.25, -0.2) is 0 Å². The van der Waals surface area contributed by atoms with Crippen LogP contribution >= 0.6 is 0 Å². The van der Waals surface area contributed by atoms with E-state index in [-0.39, 0.29) is 0 Å². The van der Waals surface area contributed by atoms with Crippen LogP contribution in [0, 0.1) is 11.8 Å². The molecular weight excluding hydrogens is 196 g/mol. The second-order valence-electron chi connectivity index (χ2n) is 5.90. The summed E-state index contributed by atoms with van der Waals surface area (Å²) in [5.74, 6) is 1.52. The summed E-state index contributed by atoms with van der Waals surface area (Å²) < 4.78 is 0. The Bertz CT molecular complexity index is 180. The van der Waals surface area contributed by atoms with Gasteiger partial charge in [0, 0.05) is 6.04 Å². The molecule has 0 saturated carbocycles. The Kier molecular flexibility index (Phi) is 6.37. The van der Waals surface area contributed by atoms with Gasteiger partial charge in [0.2, 0.25) is 0 Å². The molecule has 0 spiro atoms. The zero-order valence-corrected chi connectivity index (χ0v) is 11.4. The van der Waals surface area contributed by atoms with E-state index in [9.17, 15) is 0 Å². The number of rotatable bonds is 6. The maximum absolute atomic E-state index is 5.85. The molecule has 0 aliphatic carbocycles. The van der Waals surface area contributed by atoms with Crippen molar-refractivity contribution in [3.63, 3.8) is 0 Å². The predicted molar refractivity (Wildman–Crippen MR) is 71.5 cm³/mol. The van der Waals surface area contributed by atoms with Crippen molar-refractivity contribution in [3.8, 4) is 0 Å². The average Bonchev–Trinajstić information content (AvgIpc) is 2.25. The molecule has 1 aliphatic rings.